The molecule has 0 saturated heterocycles. The van der Waals surface area contributed by atoms with Crippen molar-refractivity contribution in [3.63, 3.8) is 0 Å². The van der Waals surface area contributed by atoms with Gasteiger partial charge in [-0.05, 0) is 66.1 Å². The predicted molar refractivity (Wildman–Crippen MR) is 134 cm³/mol. The summed E-state index contributed by atoms with van der Waals surface area (Å²) in [6.07, 6.45) is 3.17. The van der Waals surface area contributed by atoms with Crippen LogP contribution >= 0.6 is 11.6 Å². The summed E-state index contributed by atoms with van der Waals surface area (Å²) in [5.74, 6) is 2.12. The van der Waals surface area contributed by atoms with E-state index in [1.165, 1.54) is 12.1 Å². The Bertz CT molecular complexity index is 1070. The minimum absolute atomic E-state index is 0.185. The summed E-state index contributed by atoms with van der Waals surface area (Å²) >= 11 is 6.31. The van der Waals surface area contributed by atoms with Gasteiger partial charge in [-0.2, -0.15) is 0 Å². The fraction of sp³-hybridized carbons (Fsp3) is 0.357. The van der Waals surface area contributed by atoms with Gasteiger partial charge in [0.25, 0.3) is 0 Å². The average Bonchev–Trinajstić information content (AvgIpc) is 2.85. The molecule has 3 aromatic rings. The van der Waals surface area contributed by atoms with Gasteiger partial charge in [0.05, 0.1) is 32.5 Å². The Morgan fingerprint density at radius 2 is 1.62 bits per heavy atom. The maximum absolute atomic E-state index is 13.2. The van der Waals surface area contributed by atoms with Gasteiger partial charge in [-0.15, -0.1) is 0 Å². The van der Waals surface area contributed by atoms with Crippen LogP contribution in [0.25, 0.3) is 0 Å². The highest BCUT2D eigenvalue weighted by Gasteiger charge is 2.28. The lowest BCUT2D eigenvalue weighted by atomic mass is 9.78. The lowest BCUT2D eigenvalue weighted by Crippen LogP contribution is -2.28. The van der Waals surface area contributed by atoms with Crippen molar-refractivity contribution in [1.29, 1.82) is 0 Å². The van der Waals surface area contributed by atoms with Gasteiger partial charge in [0.1, 0.15) is 17.3 Å². The Hall–Kier alpha value is -2.76. The molecule has 0 N–H and O–H groups in total. The zero-order chi connectivity index (χ0) is 24.6. The summed E-state index contributed by atoms with van der Waals surface area (Å²) < 4.78 is 36.1. The summed E-state index contributed by atoms with van der Waals surface area (Å²) in [5.41, 5.74) is 1.90. The lowest BCUT2D eigenvalue weighted by Gasteiger charge is -2.31. The third kappa shape index (κ3) is 6.64. The molecular formula is C28H32ClFO4. The van der Waals surface area contributed by atoms with E-state index in [1.54, 1.807) is 32.4 Å². The zero-order valence-corrected chi connectivity index (χ0v) is 21.0. The highest BCUT2D eigenvalue weighted by Crippen LogP contribution is 2.37. The van der Waals surface area contributed by atoms with Crippen LogP contribution < -0.4 is 14.2 Å². The summed E-state index contributed by atoms with van der Waals surface area (Å²) in [7, 11) is 3.28. The molecule has 1 unspecified atom stereocenters. The highest BCUT2D eigenvalue weighted by molar-refractivity contribution is 6.32. The molecule has 0 spiro atoms. The summed E-state index contributed by atoms with van der Waals surface area (Å²) in [4.78, 5) is 0. The molecule has 6 heteroatoms. The first kappa shape index (κ1) is 25.9. The van der Waals surface area contributed by atoms with Gasteiger partial charge < -0.3 is 18.9 Å². The molecule has 0 aliphatic carbocycles. The topological polar surface area (TPSA) is 36.9 Å². The van der Waals surface area contributed by atoms with Crippen LogP contribution in [-0.2, 0) is 16.8 Å². The van der Waals surface area contributed by atoms with Crippen molar-refractivity contribution in [3.05, 3.63) is 82.6 Å². The molecule has 0 aliphatic heterocycles. The summed E-state index contributed by atoms with van der Waals surface area (Å²) in [5, 5.41) is 0.478. The number of methoxy groups -OCH3 is 2. The second kappa shape index (κ2) is 12.1. The molecule has 0 fully saturated rings. The van der Waals surface area contributed by atoms with E-state index in [2.05, 4.69) is 19.9 Å². The van der Waals surface area contributed by atoms with Crippen LogP contribution in [0.4, 0.5) is 4.39 Å². The van der Waals surface area contributed by atoms with Gasteiger partial charge in [0, 0.05) is 5.41 Å². The van der Waals surface area contributed by atoms with E-state index in [0.29, 0.717) is 41.2 Å². The number of hydrogen-bond donors (Lipinski definition) is 0. The molecule has 3 aromatic carbocycles. The van der Waals surface area contributed by atoms with E-state index in [4.69, 9.17) is 30.5 Å². The Kier molecular flexibility index (Phi) is 9.20. The van der Waals surface area contributed by atoms with Crippen molar-refractivity contribution in [2.24, 2.45) is 0 Å². The Balaban J connectivity index is 1.72. The molecule has 0 amide bonds. The number of halogens is 2. The van der Waals surface area contributed by atoms with Crippen LogP contribution in [0.5, 0.6) is 23.0 Å². The second-order valence-corrected chi connectivity index (χ2v) is 8.95. The summed E-state index contributed by atoms with van der Waals surface area (Å²) in [6.45, 7) is 5.35. The predicted octanol–water partition coefficient (Wildman–Crippen LogP) is 7.95. The molecule has 182 valence electrons. The van der Waals surface area contributed by atoms with Crippen LogP contribution in [0.1, 0.15) is 44.2 Å². The van der Waals surface area contributed by atoms with Crippen molar-refractivity contribution in [2.45, 2.75) is 45.1 Å². The maximum atomic E-state index is 13.2. The highest BCUT2D eigenvalue weighted by atomic mass is 35.5. The zero-order valence-electron chi connectivity index (χ0n) is 20.2. The molecule has 0 saturated carbocycles. The summed E-state index contributed by atoms with van der Waals surface area (Å²) in [6, 6.07) is 17.4. The number of rotatable bonds is 12. The minimum atomic E-state index is -0.318. The van der Waals surface area contributed by atoms with Gasteiger partial charge in [0.2, 0.25) is 0 Å². The second-order valence-electron chi connectivity index (χ2n) is 8.55. The van der Waals surface area contributed by atoms with Crippen LogP contribution in [0.3, 0.4) is 0 Å². The monoisotopic (exact) mass is 486 g/mol. The van der Waals surface area contributed by atoms with Crippen molar-refractivity contribution in [2.75, 3.05) is 20.8 Å². The van der Waals surface area contributed by atoms with E-state index in [-0.39, 0.29) is 11.2 Å². The molecule has 4 nitrogen and oxygen atoms in total. The molecule has 0 aromatic heterocycles. The Morgan fingerprint density at radius 3 is 2.29 bits per heavy atom. The first-order valence-corrected chi connectivity index (χ1v) is 11.8. The first-order valence-electron chi connectivity index (χ1n) is 11.4. The van der Waals surface area contributed by atoms with Crippen molar-refractivity contribution in [3.8, 4) is 23.0 Å². The third-order valence-corrected chi connectivity index (χ3v) is 6.20. The molecule has 0 radical (unpaired) electrons. The van der Waals surface area contributed by atoms with Crippen molar-refractivity contribution >= 4 is 11.6 Å². The maximum Gasteiger partial charge on any atom is 0.161 e. The SMILES string of the molecule is CCCCC(C)(COCc1ccc(Cl)c(Oc2ccc(F)cc2)c1)c1ccc(OC)c(OC)c1. The third-order valence-electron chi connectivity index (χ3n) is 5.89. The van der Waals surface area contributed by atoms with Crippen LogP contribution in [0, 0.1) is 5.82 Å². The minimum Gasteiger partial charge on any atom is -0.493 e. The van der Waals surface area contributed by atoms with Crippen molar-refractivity contribution in [1.82, 2.24) is 0 Å². The van der Waals surface area contributed by atoms with Gasteiger partial charge in [-0.3, -0.25) is 0 Å². The van der Waals surface area contributed by atoms with Crippen LogP contribution in [0.15, 0.2) is 60.7 Å². The first-order chi connectivity index (χ1) is 16.4. The number of ether oxygens (including phenoxy) is 4. The molecule has 0 heterocycles. The Morgan fingerprint density at radius 1 is 0.882 bits per heavy atom. The average molecular weight is 487 g/mol. The van der Waals surface area contributed by atoms with Crippen LogP contribution in [0.2, 0.25) is 5.02 Å². The van der Waals surface area contributed by atoms with Crippen LogP contribution in [-0.4, -0.2) is 20.8 Å². The molecule has 0 aliphatic rings. The fourth-order valence-corrected chi connectivity index (χ4v) is 3.97. The molecule has 3 rings (SSSR count). The molecular weight excluding hydrogens is 455 g/mol. The molecule has 34 heavy (non-hydrogen) atoms. The van der Waals surface area contributed by atoms with Gasteiger partial charge in [-0.1, -0.05) is 50.4 Å². The van der Waals surface area contributed by atoms with E-state index < -0.39 is 0 Å². The number of benzene rings is 3. The Labute approximate surface area is 206 Å². The van der Waals surface area contributed by atoms with Gasteiger partial charge in [-0.25, -0.2) is 4.39 Å². The van der Waals surface area contributed by atoms with Gasteiger partial charge in [0.15, 0.2) is 11.5 Å². The van der Waals surface area contributed by atoms with Crippen molar-refractivity contribution < 1.29 is 23.3 Å². The standard InChI is InChI=1S/C28H32ClFO4/c1-5-6-15-28(2,21-8-14-25(31-3)27(17-21)32-4)19-33-18-20-7-13-24(29)26(16-20)34-23-11-9-22(30)10-12-23/h7-14,16-17H,5-6,15,18-19H2,1-4H3. The normalized spacial score (nSPS) is 12.8. The van der Waals surface area contributed by atoms with Gasteiger partial charge >= 0.3 is 0 Å². The quantitative estimate of drug-likeness (QED) is 0.260. The van der Waals surface area contributed by atoms with E-state index in [9.17, 15) is 4.39 Å². The smallest absolute Gasteiger partial charge is 0.161 e. The largest absolute Gasteiger partial charge is 0.493 e. The molecule has 1 atom stereocenters. The number of unbranched alkanes of at least 4 members (excludes halogenated alkanes) is 1. The van der Waals surface area contributed by atoms with E-state index >= 15 is 0 Å². The number of hydrogen-bond acceptors (Lipinski definition) is 4. The fourth-order valence-electron chi connectivity index (χ4n) is 3.82. The van der Waals surface area contributed by atoms with E-state index in [1.807, 2.05) is 24.3 Å². The molecule has 0 bridgehead atoms. The lowest BCUT2D eigenvalue weighted by molar-refractivity contribution is 0.0719. The van der Waals surface area contributed by atoms with E-state index in [0.717, 1.165) is 30.4 Å².